The first kappa shape index (κ1) is 21.7. The number of amides is 1. The summed E-state index contributed by atoms with van der Waals surface area (Å²) in [7, 11) is 2.97. The molecule has 0 bridgehead atoms. The second kappa shape index (κ2) is 9.65. The SMILES string of the molecule is COC(=O)C(Cc1ccc(N)cc1)NC(=O)C1(Cc2ccc(OC)cc2)CCCC1. The molecular formula is C24H30N2O4. The van der Waals surface area contributed by atoms with Gasteiger partial charge in [-0.2, -0.15) is 0 Å². The highest BCUT2D eigenvalue weighted by Gasteiger charge is 2.42. The summed E-state index contributed by atoms with van der Waals surface area (Å²) in [6, 6.07) is 14.4. The van der Waals surface area contributed by atoms with Gasteiger partial charge in [-0.3, -0.25) is 4.79 Å². The summed E-state index contributed by atoms with van der Waals surface area (Å²) in [6.45, 7) is 0. The Balaban J connectivity index is 1.76. The Labute approximate surface area is 177 Å². The van der Waals surface area contributed by atoms with Gasteiger partial charge in [0.1, 0.15) is 11.8 Å². The molecule has 30 heavy (non-hydrogen) atoms. The second-order valence-electron chi connectivity index (χ2n) is 8.01. The molecule has 6 nitrogen and oxygen atoms in total. The maximum Gasteiger partial charge on any atom is 0.328 e. The first-order valence-corrected chi connectivity index (χ1v) is 10.3. The van der Waals surface area contributed by atoms with Gasteiger partial charge in [0.05, 0.1) is 19.6 Å². The summed E-state index contributed by atoms with van der Waals surface area (Å²) < 4.78 is 10.2. The van der Waals surface area contributed by atoms with Gasteiger partial charge in [0.25, 0.3) is 0 Å². The number of carbonyl (C=O) groups is 2. The minimum atomic E-state index is -0.737. The van der Waals surface area contributed by atoms with Crippen LogP contribution in [-0.2, 0) is 27.2 Å². The molecule has 1 fully saturated rings. The van der Waals surface area contributed by atoms with E-state index in [2.05, 4.69) is 5.32 Å². The summed E-state index contributed by atoms with van der Waals surface area (Å²) in [5.74, 6) is 0.261. The fraction of sp³-hybridized carbons (Fsp3) is 0.417. The predicted molar refractivity (Wildman–Crippen MR) is 116 cm³/mol. The average molecular weight is 411 g/mol. The van der Waals surface area contributed by atoms with Crippen molar-refractivity contribution in [1.29, 1.82) is 0 Å². The highest BCUT2D eigenvalue weighted by atomic mass is 16.5. The van der Waals surface area contributed by atoms with Crippen molar-refractivity contribution in [1.82, 2.24) is 5.32 Å². The predicted octanol–water partition coefficient (Wildman–Crippen LogP) is 3.28. The molecule has 2 aromatic carbocycles. The van der Waals surface area contributed by atoms with Crippen LogP contribution < -0.4 is 15.8 Å². The smallest absolute Gasteiger partial charge is 0.328 e. The summed E-state index contributed by atoms with van der Waals surface area (Å²) in [5.41, 5.74) is 7.89. The molecule has 1 saturated carbocycles. The summed E-state index contributed by atoms with van der Waals surface area (Å²) in [5, 5.41) is 2.99. The van der Waals surface area contributed by atoms with Crippen LogP contribution in [0.5, 0.6) is 5.75 Å². The molecule has 3 N–H and O–H groups in total. The Morgan fingerprint density at radius 1 is 1.00 bits per heavy atom. The minimum Gasteiger partial charge on any atom is -0.497 e. The van der Waals surface area contributed by atoms with Gasteiger partial charge in [0, 0.05) is 12.1 Å². The average Bonchev–Trinajstić information content (AvgIpc) is 3.24. The van der Waals surface area contributed by atoms with Crippen LogP contribution in [0.3, 0.4) is 0 Å². The normalized spacial score (nSPS) is 15.9. The molecular weight excluding hydrogens is 380 g/mol. The highest BCUT2D eigenvalue weighted by molar-refractivity contribution is 5.88. The summed E-state index contributed by atoms with van der Waals surface area (Å²) in [6.07, 6.45) is 4.62. The van der Waals surface area contributed by atoms with Gasteiger partial charge < -0.3 is 20.5 Å². The number of rotatable bonds is 8. The topological polar surface area (TPSA) is 90.6 Å². The number of benzene rings is 2. The number of hydrogen-bond donors (Lipinski definition) is 2. The maximum absolute atomic E-state index is 13.4. The van der Waals surface area contributed by atoms with Crippen molar-refractivity contribution < 1.29 is 19.1 Å². The first-order chi connectivity index (χ1) is 14.5. The molecule has 0 spiro atoms. The van der Waals surface area contributed by atoms with E-state index in [4.69, 9.17) is 15.2 Å². The van der Waals surface area contributed by atoms with Crippen molar-refractivity contribution in [2.24, 2.45) is 5.41 Å². The Bertz CT molecular complexity index is 856. The standard InChI is InChI=1S/C24H30N2O4/c1-29-20-11-7-18(8-12-20)16-24(13-3-4-14-24)23(28)26-21(22(27)30-2)15-17-5-9-19(25)10-6-17/h5-12,21H,3-4,13-16,25H2,1-2H3,(H,26,28). The molecule has 1 unspecified atom stereocenters. The van der Waals surface area contributed by atoms with Crippen LogP contribution in [-0.4, -0.2) is 32.1 Å². The molecule has 1 aliphatic carbocycles. The number of methoxy groups -OCH3 is 2. The van der Waals surface area contributed by atoms with Crippen molar-refractivity contribution in [3.05, 3.63) is 59.7 Å². The van der Waals surface area contributed by atoms with E-state index < -0.39 is 17.4 Å². The van der Waals surface area contributed by atoms with Crippen molar-refractivity contribution >= 4 is 17.6 Å². The number of carbonyl (C=O) groups excluding carboxylic acids is 2. The van der Waals surface area contributed by atoms with Crippen molar-refractivity contribution in [3.63, 3.8) is 0 Å². The highest BCUT2D eigenvalue weighted by Crippen LogP contribution is 2.41. The van der Waals surface area contributed by atoms with Gasteiger partial charge in [-0.15, -0.1) is 0 Å². The number of nitrogens with two attached hydrogens (primary N) is 1. The fourth-order valence-corrected chi connectivity index (χ4v) is 4.21. The number of anilines is 1. The van der Waals surface area contributed by atoms with Gasteiger partial charge in [-0.05, 0) is 54.7 Å². The summed E-state index contributed by atoms with van der Waals surface area (Å²) in [4.78, 5) is 25.8. The van der Waals surface area contributed by atoms with Gasteiger partial charge in [0.2, 0.25) is 5.91 Å². The van der Waals surface area contributed by atoms with Gasteiger partial charge in [-0.1, -0.05) is 37.1 Å². The van der Waals surface area contributed by atoms with E-state index in [1.165, 1.54) is 7.11 Å². The fourth-order valence-electron chi connectivity index (χ4n) is 4.21. The van der Waals surface area contributed by atoms with Crippen LogP contribution >= 0.6 is 0 Å². The number of hydrogen-bond acceptors (Lipinski definition) is 5. The monoisotopic (exact) mass is 410 g/mol. The van der Waals surface area contributed by atoms with Crippen LogP contribution in [0, 0.1) is 5.41 Å². The minimum absolute atomic E-state index is 0.0818. The van der Waals surface area contributed by atoms with Crippen LogP contribution in [0.4, 0.5) is 5.69 Å². The lowest BCUT2D eigenvalue weighted by Crippen LogP contribution is -2.49. The molecule has 0 radical (unpaired) electrons. The van der Waals surface area contributed by atoms with Crippen LogP contribution in [0.25, 0.3) is 0 Å². The van der Waals surface area contributed by atoms with Crippen LogP contribution in [0.15, 0.2) is 48.5 Å². The first-order valence-electron chi connectivity index (χ1n) is 10.3. The number of nitrogen functional groups attached to an aromatic ring is 1. The van der Waals surface area contributed by atoms with Crippen LogP contribution in [0.2, 0.25) is 0 Å². The van der Waals surface area contributed by atoms with Gasteiger partial charge in [-0.25, -0.2) is 4.79 Å². The third-order valence-corrected chi connectivity index (χ3v) is 5.95. The zero-order valence-electron chi connectivity index (χ0n) is 17.6. The number of ether oxygens (including phenoxy) is 2. The molecule has 1 atom stereocenters. The van der Waals surface area contributed by atoms with Crippen molar-refractivity contribution in [3.8, 4) is 5.75 Å². The molecule has 3 rings (SSSR count). The Hall–Kier alpha value is -3.02. The van der Waals surface area contributed by atoms with E-state index in [9.17, 15) is 9.59 Å². The van der Waals surface area contributed by atoms with E-state index in [1.807, 2.05) is 36.4 Å². The lowest BCUT2D eigenvalue weighted by Gasteiger charge is -2.30. The van der Waals surface area contributed by atoms with Crippen molar-refractivity contribution in [2.75, 3.05) is 20.0 Å². The van der Waals surface area contributed by atoms with Crippen LogP contribution in [0.1, 0.15) is 36.8 Å². The molecule has 2 aromatic rings. The summed E-state index contributed by atoms with van der Waals surface area (Å²) >= 11 is 0. The molecule has 0 saturated heterocycles. The quantitative estimate of drug-likeness (QED) is 0.515. The zero-order valence-corrected chi connectivity index (χ0v) is 17.6. The van der Waals surface area contributed by atoms with Crippen molar-refractivity contribution in [2.45, 2.75) is 44.6 Å². The molecule has 1 amide bonds. The largest absolute Gasteiger partial charge is 0.497 e. The lowest BCUT2D eigenvalue weighted by molar-refractivity contribution is -0.146. The Morgan fingerprint density at radius 2 is 1.60 bits per heavy atom. The zero-order chi connectivity index (χ0) is 21.6. The van der Waals surface area contributed by atoms with E-state index in [0.29, 0.717) is 18.5 Å². The molecule has 0 aromatic heterocycles. The Morgan fingerprint density at radius 3 is 2.17 bits per heavy atom. The number of esters is 1. The van der Waals surface area contributed by atoms with Gasteiger partial charge >= 0.3 is 5.97 Å². The number of nitrogens with one attached hydrogen (secondary N) is 1. The lowest BCUT2D eigenvalue weighted by atomic mass is 9.78. The third kappa shape index (κ3) is 5.12. The third-order valence-electron chi connectivity index (χ3n) is 5.95. The molecule has 0 heterocycles. The van der Waals surface area contributed by atoms with Gasteiger partial charge in [0.15, 0.2) is 0 Å². The molecule has 1 aliphatic rings. The van der Waals surface area contributed by atoms with E-state index in [-0.39, 0.29) is 5.91 Å². The maximum atomic E-state index is 13.4. The van der Waals surface area contributed by atoms with E-state index >= 15 is 0 Å². The molecule has 160 valence electrons. The van der Waals surface area contributed by atoms with E-state index in [1.54, 1.807) is 19.2 Å². The molecule has 6 heteroatoms. The molecule has 0 aliphatic heterocycles. The second-order valence-corrected chi connectivity index (χ2v) is 8.01. The van der Waals surface area contributed by atoms with E-state index in [0.717, 1.165) is 42.6 Å². The Kier molecular flexibility index (Phi) is 6.98.